The molecule has 1 fully saturated rings. The maximum absolute atomic E-state index is 5.72. The van der Waals surface area contributed by atoms with Crippen LogP contribution in [0.1, 0.15) is 0 Å². The van der Waals surface area contributed by atoms with Crippen molar-refractivity contribution < 1.29 is 0 Å². The normalized spacial score (nSPS) is 15.4. The second kappa shape index (κ2) is 5.24. The molecule has 0 unspecified atom stereocenters. The summed E-state index contributed by atoms with van der Waals surface area (Å²) in [7, 11) is 0. The molecule has 0 bridgehead atoms. The van der Waals surface area contributed by atoms with Crippen LogP contribution in [0.15, 0.2) is 36.4 Å². The maximum Gasteiger partial charge on any atom is 0.229 e. The molecule has 0 atom stereocenters. The molecule has 1 aromatic carbocycles. The summed E-state index contributed by atoms with van der Waals surface area (Å²) in [5.41, 5.74) is 12.7. The van der Waals surface area contributed by atoms with E-state index in [4.69, 9.17) is 11.5 Å². The topological polar surface area (TPSA) is 84.3 Å². The van der Waals surface area contributed by atoms with Crippen molar-refractivity contribution in [1.82, 2.24) is 9.97 Å². The lowest BCUT2D eigenvalue weighted by molar-refractivity contribution is 0.641. The minimum atomic E-state index is 0.415. The average molecular weight is 270 g/mol. The summed E-state index contributed by atoms with van der Waals surface area (Å²) in [6.45, 7) is 3.58. The molecule has 1 aromatic heterocycles. The van der Waals surface area contributed by atoms with E-state index in [2.05, 4.69) is 44.0 Å². The van der Waals surface area contributed by atoms with Gasteiger partial charge in [0, 0.05) is 37.9 Å². The molecular weight excluding hydrogens is 252 g/mol. The van der Waals surface area contributed by atoms with E-state index in [1.807, 2.05) is 6.07 Å². The molecule has 2 aromatic rings. The first kappa shape index (κ1) is 12.5. The summed E-state index contributed by atoms with van der Waals surface area (Å²) >= 11 is 0. The summed E-state index contributed by atoms with van der Waals surface area (Å²) in [4.78, 5) is 13.0. The molecule has 0 saturated carbocycles. The van der Waals surface area contributed by atoms with E-state index in [1.54, 1.807) is 6.07 Å². The Bertz CT molecular complexity index is 557. The van der Waals surface area contributed by atoms with E-state index in [-0.39, 0.29) is 0 Å². The van der Waals surface area contributed by atoms with Gasteiger partial charge in [0.25, 0.3) is 0 Å². The number of para-hydroxylation sites is 1. The van der Waals surface area contributed by atoms with Crippen molar-refractivity contribution in [2.45, 2.75) is 0 Å². The molecular formula is C14H18N6. The standard InChI is InChI=1S/C14H18N6/c15-12-10-13(16)18-14(17-12)20-8-6-19(7-9-20)11-4-2-1-3-5-11/h1-5,10H,6-9H2,(H4,15,16,17,18). The van der Waals surface area contributed by atoms with E-state index in [9.17, 15) is 0 Å². The van der Waals surface area contributed by atoms with Crippen molar-refractivity contribution in [2.24, 2.45) is 0 Å². The largest absolute Gasteiger partial charge is 0.383 e. The smallest absolute Gasteiger partial charge is 0.229 e. The number of benzene rings is 1. The fraction of sp³-hybridized carbons (Fsp3) is 0.286. The van der Waals surface area contributed by atoms with Gasteiger partial charge in [-0.3, -0.25) is 0 Å². The minimum Gasteiger partial charge on any atom is -0.383 e. The molecule has 0 amide bonds. The van der Waals surface area contributed by atoms with Crippen molar-refractivity contribution >= 4 is 23.3 Å². The number of nitrogen functional groups attached to an aromatic ring is 2. The second-order valence-electron chi connectivity index (χ2n) is 4.83. The van der Waals surface area contributed by atoms with Crippen molar-refractivity contribution in [1.29, 1.82) is 0 Å². The molecule has 20 heavy (non-hydrogen) atoms. The van der Waals surface area contributed by atoms with E-state index >= 15 is 0 Å². The third-order valence-electron chi connectivity index (χ3n) is 3.44. The highest BCUT2D eigenvalue weighted by Gasteiger charge is 2.19. The zero-order valence-electron chi connectivity index (χ0n) is 11.2. The van der Waals surface area contributed by atoms with Crippen LogP contribution in [-0.2, 0) is 0 Å². The number of piperazine rings is 1. The molecule has 104 valence electrons. The first-order valence-corrected chi connectivity index (χ1v) is 6.67. The van der Waals surface area contributed by atoms with Crippen molar-refractivity contribution in [2.75, 3.05) is 47.4 Å². The number of nitrogens with two attached hydrogens (primary N) is 2. The Morgan fingerprint density at radius 2 is 1.35 bits per heavy atom. The van der Waals surface area contributed by atoms with Crippen molar-refractivity contribution in [3.63, 3.8) is 0 Å². The highest BCUT2D eigenvalue weighted by atomic mass is 15.3. The average Bonchev–Trinajstić information content (AvgIpc) is 2.47. The molecule has 4 N–H and O–H groups in total. The molecule has 1 saturated heterocycles. The van der Waals surface area contributed by atoms with Crippen LogP contribution in [-0.4, -0.2) is 36.1 Å². The Hall–Kier alpha value is -2.50. The number of rotatable bonds is 2. The van der Waals surface area contributed by atoms with Crippen LogP contribution < -0.4 is 21.3 Å². The van der Waals surface area contributed by atoms with Crippen LogP contribution in [0.3, 0.4) is 0 Å². The number of hydrogen-bond acceptors (Lipinski definition) is 6. The lowest BCUT2D eigenvalue weighted by atomic mass is 10.2. The minimum absolute atomic E-state index is 0.415. The highest BCUT2D eigenvalue weighted by molar-refractivity contribution is 5.51. The van der Waals surface area contributed by atoms with E-state index in [1.165, 1.54) is 5.69 Å². The summed E-state index contributed by atoms with van der Waals surface area (Å²) in [6, 6.07) is 12.0. The van der Waals surface area contributed by atoms with Crippen LogP contribution in [0.2, 0.25) is 0 Å². The molecule has 2 heterocycles. The van der Waals surface area contributed by atoms with Gasteiger partial charge in [-0.05, 0) is 12.1 Å². The fourth-order valence-electron chi connectivity index (χ4n) is 2.42. The summed E-state index contributed by atoms with van der Waals surface area (Å²) in [6.07, 6.45) is 0. The third-order valence-corrected chi connectivity index (χ3v) is 3.44. The van der Waals surface area contributed by atoms with Gasteiger partial charge in [-0.1, -0.05) is 18.2 Å². The summed E-state index contributed by atoms with van der Waals surface area (Å²) in [5.74, 6) is 1.45. The van der Waals surface area contributed by atoms with Crippen molar-refractivity contribution in [3.8, 4) is 0 Å². The Morgan fingerprint density at radius 3 is 1.95 bits per heavy atom. The molecule has 6 heteroatoms. The SMILES string of the molecule is Nc1cc(N)nc(N2CCN(c3ccccc3)CC2)n1. The van der Waals surface area contributed by atoms with Crippen LogP contribution in [0.25, 0.3) is 0 Å². The van der Waals surface area contributed by atoms with Gasteiger partial charge >= 0.3 is 0 Å². The van der Waals surface area contributed by atoms with Crippen LogP contribution >= 0.6 is 0 Å². The number of aromatic nitrogens is 2. The Balaban J connectivity index is 1.69. The van der Waals surface area contributed by atoms with E-state index in [0.717, 1.165) is 26.2 Å². The first-order chi connectivity index (χ1) is 9.72. The number of nitrogens with zero attached hydrogens (tertiary/aromatic N) is 4. The predicted molar refractivity (Wildman–Crippen MR) is 81.7 cm³/mol. The van der Waals surface area contributed by atoms with Crippen LogP contribution in [0.5, 0.6) is 0 Å². The molecule has 0 spiro atoms. The summed E-state index contributed by atoms with van der Waals surface area (Å²) in [5, 5.41) is 0. The molecule has 1 aliphatic heterocycles. The van der Waals surface area contributed by atoms with Gasteiger partial charge in [-0.25, -0.2) is 0 Å². The number of hydrogen-bond donors (Lipinski definition) is 2. The zero-order valence-corrected chi connectivity index (χ0v) is 11.2. The molecule has 0 radical (unpaired) electrons. The Labute approximate surface area is 118 Å². The van der Waals surface area contributed by atoms with Gasteiger partial charge in [0.15, 0.2) is 0 Å². The third kappa shape index (κ3) is 2.59. The maximum atomic E-state index is 5.72. The molecule has 0 aliphatic carbocycles. The quantitative estimate of drug-likeness (QED) is 0.846. The fourth-order valence-corrected chi connectivity index (χ4v) is 2.42. The molecule has 3 rings (SSSR count). The zero-order chi connectivity index (χ0) is 13.9. The van der Waals surface area contributed by atoms with Gasteiger partial charge in [0.1, 0.15) is 11.6 Å². The monoisotopic (exact) mass is 270 g/mol. The lowest BCUT2D eigenvalue weighted by Gasteiger charge is -2.36. The molecule has 1 aliphatic rings. The van der Waals surface area contributed by atoms with Crippen LogP contribution in [0, 0.1) is 0 Å². The van der Waals surface area contributed by atoms with Gasteiger partial charge in [-0.2, -0.15) is 9.97 Å². The second-order valence-corrected chi connectivity index (χ2v) is 4.83. The Morgan fingerprint density at radius 1 is 0.800 bits per heavy atom. The van der Waals surface area contributed by atoms with E-state index in [0.29, 0.717) is 17.6 Å². The summed E-state index contributed by atoms with van der Waals surface area (Å²) < 4.78 is 0. The highest BCUT2D eigenvalue weighted by Crippen LogP contribution is 2.19. The van der Waals surface area contributed by atoms with Gasteiger partial charge in [0.05, 0.1) is 0 Å². The first-order valence-electron chi connectivity index (χ1n) is 6.67. The van der Waals surface area contributed by atoms with E-state index < -0.39 is 0 Å². The van der Waals surface area contributed by atoms with Crippen LogP contribution in [0.4, 0.5) is 23.3 Å². The van der Waals surface area contributed by atoms with Crippen molar-refractivity contribution in [3.05, 3.63) is 36.4 Å². The predicted octanol–water partition coefficient (Wildman–Crippen LogP) is 0.968. The molecule has 6 nitrogen and oxygen atoms in total. The lowest BCUT2D eigenvalue weighted by Crippen LogP contribution is -2.47. The van der Waals surface area contributed by atoms with Gasteiger partial charge in [0.2, 0.25) is 5.95 Å². The van der Waals surface area contributed by atoms with Gasteiger partial charge in [-0.15, -0.1) is 0 Å². The Kier molecular flexibility index (Phi) is 3.28. The van der Waals surface area contributed by atoms with Gasteiger partial charge < -0.3 is 21.3 Å². The number of anilines is 4.